The molecular formula is C17H22N2. The number of aromatic nitrogens is 1. The Morgan fingerprint density at radius 3 is 2.63 bits per heavy atom. The number of rotatable bonds is 4. The lowest BCUT2D eigenvalue weighted by Gasteiger charge is -2.14. The van der Waals surface area contributed by atoms with Gasteiger partial charge in [-0.3, -0.25) is 0 Å². The molecule has 1 fully saturated rings. The summed E-state index contributed by atoms with van der Waals surface area (Å²) in [6, 6.07) is 6.71. The first-order valence-corrected chi connectivity index (χ1v) is 7.00. The molecule has 1 aliphatic carbocycles. The highest BCUT2D eigenvalue weighted by atomic mass is 14.9. The number of aryl methyl sites for hydroxylation is 2. The molecule has 1 aromatic carbocycles. The maximum absolute atomic E-state index is 4.16. The van der Waals surface area contributed by atoms with Gasteiger partial charge in [-0.2, -0.15) is 0 Å². The SMILES string of the molecule is C=C(NCc1cc2cc(C)c(C)cc2[nH]1)C1(C)CC1. The summed E-state index contributed by atoms with van der Waals surface area (Å²) in [5.74, 6) is 0. The maximum atomic E-state index is 4.16. The molecule has 0 radical (unpaired) electrons. The maximum Gasteiger partial charge on any atom is 0.0548 e. The predicted molar refractivity (Wildman–Crippen MR) is 81.1 cm³/mol. The van der Waals surface area contributed by atoms with Gasteiger partial charge < -0.3 is 10.3 Å². The minimum atomic E-state index is 0.346. The topological polar surface area (TPSA) is 27.8 Å². The number of nitrogens with one attached hydrogen (secondary N) is 2. The Balaban J connectivity index is 1.76. The van der Waals surface area contributed by atoms with E-state index in [4.69, 9.17) is 0 Å². The van der Waals surface area contributed by atoms with Crippen molar-refractivity contribution in [3.05, 3.63) is 47.3 Å². The summed E-state index contributed by atoms with van der Waals surface area (Å²) in [4.78, 5) is 3.49. The van der Waals surface area contributed by atoms with Crippen LogP contribution in [-0.2, 0) is 6.54 Å². The van der Waals surface area contributed by atoms with Crippen LogP contribution in [0.5, 0.6) is 0 Å². The van der Waals surface area contributed by atoms with Gasteiger partial charge in [-0.05, 0) is 61.4 Å². The molecule has 1 saturated carbocycles. The standard InChI is InChI=1S/C17H22N2/c1-11-7-14-9-15(19-16(14)8-12(11)2)10-18-13(3)17(4)5-6-17/h7-9,18-19H,3,5-6,10H2,1-2,4H3. The highest BCUT2D eigenvalue weighted by Gasteiger charge is 2.39. The molecule has 2 nitrogen and oxygen atoms in total. The number of hydrogen-bond acceptors (Lipinski definition) is 1. The molecule has 2 heteroatoms. The molecule has 1 aromatic heterocycles. The smallest absolute Gasteiger partial charge is 0.0548 e. The first-order valence-electron chi connectivity index (χ1n) is 7.00. The van der Waals surface area contributed by atoms with E-state index in [1.165, 1.54) is 46.3 Å². The van der Waals surface area contributed by atoms with Crippen molar-refractivity contribution in [2.75, 3.05) is 0 Å². The minimum Gasteiger partial charge on any atom is -0.383 e. The lowest BCUT2D eigenvalue weighted by atomic mass is 10.1. The molecule has 1 heterocycles. The van der Waals surface area contributed by atoms with Gasteiger partial charge in [0.1, 0.15) is 0 Å². The van der Waals surface area contributed by atoms with Gasteiger partial charge in [0.2, 0.25) is 0 Å². The predicted octanol–water partition coefficient (Wildman–Crippen LogP) is 4.19. The van der Waals surface area contributed by atoms with Crippen molar-refractivity contribution in [2.45, 2.75) is 40.2 Å². The highest BCUT2D eigenvalue weighted by Crippen LogP contribution is 2.49. The Hall–Kier alpha value is -1.70. The van der Waals surface area contributed by atoms with Crippen molar-refractivity contribution in [3.63, 3.8) is 0 Å². The fraction of sp³-hybridized carbons (Fsp3) is 0.412. The Labute approximate surface area is 114 Å². The molecule has 0 aliphatic heterocycles. The quantitative estimate of drug-likeness (QED) is 0.841. The van der Waals surface area contributed by atoms with E-state index >= 15 is 0 Å². The first kappa shape index (κ1) is 12.3. The molecule has 0 amide bonds. The molecule has 0 bridgehead atoms. The lowest BCUT2D eigenvalue weighted by molar-refractivity contribution is 0.598. The molecule has 19 heavy (non-hydrogen) atoms. The van der Waals surface area contributed by atoms with Gasteiger partial charge in [-0.1, -0.05) is 13.5 Å². The second kappa shape index (κ2) is 4.16. The Bertz CT molecular complexity index is 606. The molecule has 100 valence electrons. The first-order chi connectivity index (χ1) is 8.98. The molecule has 2 aromatic rings. The number of H-pyrrole nitrogens is 1. The second-order valence-corrected chi connectivity index (χ2v) is 6.21. The second-order valence-electron chi connectivity index (χ2n) is 6.21. The van der Waals surface area contributed by atoms with E-state index in [0.29, 0.717) is 5.41 Å². The van der Waals surface area contributed by atoms with E-state index in [0.717, 1.165) is 6.54 Å². The average Bonchev–Trinajstić information content (AvgIpc) is 2.99. The monoisotopic (exact) mass is 254 g/mol. The van der Waals surface area contributed by atoms with Crippen molar-refractivity contribution < 1.29 is 0 Å². The minimum absolute atomic E-state index is 0.346. The Morgan fingerprint density at radius 1 is 1.26 bits per heavy atom. The van der Waals surface area contributed by atoms with Gasteiger partial charge in [0.25, 0.3) is 0 Å². The fourth-order valence-electron chi connectivity index (χ4n) is 2.46. The average molecular weight is 254 g/mol. The van der Waals surface area contributed by atoms with E-state index in [1.807, 2.05) is 0 Å². The van der Waals surface area contributed by atoms with Gasteiger partial charge in [-0.15, -0.1) is 0 Å². The largest absolute Gasteiger partial charge is 0.383 e. The van der Waals surface area contributed by atoms with Crippen LogP contribution in [0.2, 0.25) is 0 Å². The summed E-state index contributed by atoms with van der Waals surface area (Å²) in [5.41, 5.74) is 6.66. The molecule has 2 N–H and O–H groups in total. The highest BCUT2D eigenvalue weighted by molar-refractivity contribution is 5.82. The molecule has 0 unspecified atom stereocenters. The van der Waals surface area contributed by atoms with E-state index < -0.39 is 0 Å². The van der Waals surface area contributed by atoms with Crippen LogP contribution in [0.4, 0.5) is 0 Å². The number of hydrogen-bond donors (Lipinski definition) is 2. The third kappa shape index (κ3) is 2.27. The summed E-state index contributed by atoms with van der Waals surface area (Å²) in [6.45, 7) is 11.6. The number of allylic oxidation sites excluding steroid dienone is 1. The van der Waals surface area contributed by atoms with Gasteiger partial charge in [0.15, 0.2) is 0 Å². The van der Waals surface area contributed by atoms with Crippen LogP contribution in [0.1, 0.15) is 36.6 Å². The van der Waals surface area contributed by atoms with Crippen LogP contribution in [0.3, 0.4) is 0 Å². The zero-order valence-electron chi connectivity index (χ0n) is 12.1. The van der Waals surface area contributed by atoms with Gasteiger partial charge in [-0.25, -0.2) is 0 Å². The summed E-state index contributed by atoms with van der Waals surface area (Å²) in [7, 11) is 0. The molecule has 1 aliphatic rings. The van der Waals surface area contributed by atoms with Crippen molar-refractivity contribution in [1.29, 1.82) is 0 Å². The van der Waals surface area contributed by atoms with Gasteiger partial charge >= 0.3 is 0 Å². The van der Waals surface area contributed by atoms with E-state index in [-0.39, 0.29) is 0 Å². The van der Waals surface area contributed by atoms with Crippen LogP contribution in [0.25, 0.3) is 10.9 Å². The molecule has 0 saturated heterocycles. The molecular weight excluding hydrogens is 232 g/mol. The molecule has 3 rings (SSSR count). The van der Waals surface area contributed by atoms with E-state index in [2.05, 4.69) is 55.9 Å². The van der Waals surface area contributed by atoms with Gasteiger partial charge in [0, 0.05) is 22.3 Å². The van der Waals surface area contributed by atoms with Crippen LogP contribution in [0, 0.1) is 19.3 Å². The lowest BCUT2D eigenvalue weighted by Crippen LogP contribution is -2.18. The van der Waals surface area contributed by atoms with Crippen LogP contribution in [-0.4, -0.2) is 4.98 Å². The number of fused-ring (bicyclic) bond motifs is 1. The summed E-state index contributed by atoms with van der Waals surface area (Å²) in [5, 5.41) is 4.76. The zero-order valence-corrected chi connectivity index (χ0v) is 12.1. The Morgan fingerprint density at radius 2 is 1.95 bits per heavy atom. The van der Waals surface area contributed by atoms with Crippen LogP contribution < -0.4 is 5.32 Å². The van der Waals surface area contributed by atoms with Crippen LogP contribution in [0.15, 0.2) is 30.5 Å². The van der Waals surface area contributed by atoms with Crippen molar-refractivity contribution in [2.24, 2.45) is 5.41 Å². The fourth-order valence-corrected chi connectivity index (χ4v) is 2.46. The van der Waals surface area contributed by atoms with E-state index in [1.54, 1.807) is 0 Å². The summed E-state index contributed by atoms with van der Waals surface area (Å²) in [6.07, 6.45) is 2.54. The normalized spacial score (nSPS) is 16.6. The van der Waals surface area contributed by atoms with Crippen molar-refractivity contribution in [3.8, 4) is 0 Å². The van der Waals surface area contributed by atoms with Crippen molar-refractivity contribution >= 4 is 10.9 Å². The van der Waals surface area contributed by atoms with Crippen LogP contribution >= 0.6 is 0 Å². The van der Waals surface area contributed by atoms with Gasteiger partial charge in [0.05, 0.1) is 6.54 Å². The summed E-state index contributed by atoms with van der Waals surface area (Å²) >= 11 is 0. The number of aromatic amines is 1. The van der Waals surface area contributed by atoms with Crippen molar-refractivity contribution in [1.82, 2.24) is 10.3 Å². The summed E-state index contributed by atoms with van der Waals surface area (Å²) < 4.78 is 0. The zero-order chi connectivity index (χ0) is 13.6. The molecule has 0 atom stereocenters. The Kier molecular flexibility index (Phi) is 2.70. The third-order valence-electron chi connectivity index (χ3n) is 4.51. The third-order valence-corrected chi connectivity index (χ3v) is 4.51. The van der Waals surface area contributed by atoms with E-state index in [9.17, 15) is 0 Å². The number of benzene rings is 1. The molecule has 0 spiro atoms.